The van der Waals surface area contributed by atoms with Crippen LogP contribution in [0.4, 0.5) is 0 Å². The van der Waals surface area contributed by atoms with Crippen molar-refractivity contribution in [2.75, 3.05) is 18.9 Å². The summed E-state index contributed by atoms with van der Waals surface area (Å²) in [5, 5.41) is 25.7. The van der Waals surface area contributed by atoms with Crippen LogP contribution in [0.25, 0.3) is 0 Å². The molecule has 190 valence electrons. The minimum atomic E-state index is -1.27. The first-order valence-corrected chi connectivity index (χ1v) is 10.9. The maximum atomic E-state index is 12.9. The quantitative estimate of drug-likeness (QED) is 0.0479. The SMILES string of the molecule is NC(N)=NCCCC(NC(=O)C(Cc1cnc[nH]1)NC(=O)C(CS)NC(=O)C(N)CO)C(=O)O. The normalized spacial score (nSPS) is 14.2. The molecule has 0 saturated heterocycles. The molecule has 0 radical (unpaired) electrons. The van der Waals surface area contributed by atoms with Gasteiger partial charge in [0.05, 0.1) is 12.9 Å². The molecule has 0 aliphatic rings. The van der Waals surface area contributed by atoms with Crippen LogP contribution in [0.2, 0.25) is 0 Å². The van der Waals surface area contributed by atoms with E-state index in [0.717, 1.165) is 0 Å². The molecule has 0 bridgehead atoms. The van der Waals surface area contributed by atoms with Crippen molar-refractivity contribution in [3.8, 4) is 0 Å². The highest BCUT2D eigenvalue weighted by molar-refractivity contribution is 7.80. The first-order valence-electron chi connectivity index (χ1n) is 10.2. The first kappa shape index (κ1) is 28.7. The molecular formula is C18H31N9O6S. The second-order valence-electron chi connectivity index (χ2n) is 7.22. The number of aromatic nitrogens is 2. The number of hydrogen-bond donors (Lipinski definition) is 10. The Labute approximate surface area is 200 Å². The number of nitrogens with zero attached hydrogens (tertiary/aromatic N) is 2. The smallest absolute Gasteiger partial charge is 0.326 e. The molecule has 34 heavy (non-hydrogen) atoms. The second-order valence-corrected chi connectivity index (χ2v) is 7.59. The van der Waals surface area contributed by atoms with E-state index in [4.69, 9.17) is 22.3 Å². The number of aliphatic hydroxyl groups excluding tert-OH is 1. The summed E-state index contributed by atoms with van der Waals surface area (Å²) >= 11 is 4.03. The Morgan fingerprint density at radius 2 is 1.71 bits per heavy atom. The molecule has 1 rings (SSSR count). The number of carbonyl (C=O) groups excluding carboxylic acids is 3. The minimum Gasteiger partial charge on any atom is -0.480 e. The van der Waals surface area contributed by atoms with E-state index in [-0.39, 0.29) is 37.5 Å². The number of carboxylic acid groups (broad SMARTS) is 1. The van der Waals surface area contributed by atoms with Gasteiger partial charge in [0.15, 0.2) is 5.96 Å². The third-order valence-corrected chi connectivity index (χ3v) is 4.89. The van der Waals surface area contributed by atoms with Gasteiger partial charge in [-0.25, -0.2) is 9.78 Å². The number of hydrogen-bond acceptors (Lipinski definition) is 9. The maximum Gasteiger partial charge on any atom is 0.326 e. The zero-order valence-electron chi connectivity index (χ0n) is 18.3. The van der Waals surface area contributed by atoms with Crippen LogP contribution in [0.15, 0.2) is 17.5 Å². The fourth-order valence-electron chi connectivity index (χ4n) is 2.69. The number of nitrogens with one attached hydrogen (secondary N) is 4. The number of nitrogens with two attached hydrogens (primary N) is 3. The fraction of sp³-hybridized carbons (Fsp3) is 0.556. The van der Waals surface area contributed by atoms with E-state index in [9.17, 15) is 24.3 Å². The van der Waals surface area contributed by atoms with Crippen LogP contribution in [-0.4, -0.2) is 92.9 Å². The molecule has 0 saturated carbocycles. The van der Waals surface area contributed by atoms with E-state index in [2.05, 4.69) is 43.5 Å². The molecule has 0 spiro atoms. The Morgan fingerprint density at radius 1 is 1.09 bits per heavy atom. The lowest BCUT2D eigenvalue weighted by Gasteiger charge is -2.24. The fourth-order valence-corrected chi connectivity index (χ4v) is 2.94. The van der Waals surface area contributed by atoms with Crippen LogP contribution in [-0.2, 0) is 25.6 Å². The van der Waals surface area contributed by atoms with Gasteiger partial charge in [-0.2, -0.15) is 12.6 Å². The summed E-state index contributed by atoms with van der Waals surface area (Å²) in [4.78, 5) is 59.5. The van der Waals surface area contributed by atoms with Crippen LogP contribution < -0.4 is 33.2 Å². The van der Waals surface area contributed by atoms with E-state index in [0.29, 0.717) is 5.69 Å². The van der Waals surface area contributed by atoms with Crippen LogP contribution in [0.3, 0.4) is 0 Å². The highest BCUT2D eigenvalue weighted by Gasteiger charge is 2.30. The Balaban J connectivity index is 2.92. The lowest BCUT2D eigenvalue weighted by atomic mass is 10.1. The number of aliphatic imine (C=N–C) groups is 1. The van der Waals surface area contributed by atoms with Gasteiger partial charge in [-0.3, -0.25) is 19.4 Å². The van der Waals surface area contributed by atoms with E-state index >= 15 is 0 Å². The number of carboxylic acids is 1. The zero-order chi connectivity index (χ0) is 25.7. The number of aliphatic hydroxyl groups is 1. The zero-order valence-corrected chi connectivity index (χ0v) is 19.2. The van der Waals surface area contributed by atoms with Crippen molar-refractivity contribution < 1.29 is 29.4 Å². The maximum absolute atomic E-state index is 12.9. The first-order chi connectivity index (χ1) is 16.1. The minimum absolute atomic E-state index is 0.0386. The lowest BCUT2D eigenvalue weighted by molar-refractivity contribution is -0.142. The number of thiol groups is 1. The summed E-state index contributed by atoms with van der Waals surface area (Å²) < 4.78 is 0. The molecule has 1 aromatic heterocycles. The highest BCUT2D eigenvalue weighted by Crippen LogP contribution is 2.04. The van der Waals surface area contributed by atoms with Gasteiger partial charge in [-0.1, -0.05) is 0 Å². The molecule has 1 aromatic rings. The molecule has 0 aliphatic carbocycles. The van der Waals surface area contributed by atoms with Gasteiger partial charge in [0, 0.05) is 30.6 Å². The van der Waals surface area contributed by atoms with E-state index in [1.54, 1.807) is 0 Å². The number of rotatable bonds is 15. The molecule has 12 N–H and O–H groups in total. The molecule has 16 heteroatoms. The van der Waals surface area contributed by atoms with Crippen molar-refractivity contribution in [2.24, 2.45) is 22.2 Å². The molecule has 3 amide bonds. The van der Waals surface area contributed by atoms with E-state index < -0.39 is 54.5 Å². The van der Waals surface area contributed by atoms with Crippen molar-refractivity contribution in [1.29, 1.82) is 0 Å². The van der Waals surface area contributed by atoms with Crippen molar-refractivity contribution in [3.63, 3.8) is 0 Å². The third-order valence-electron chi connectivity index (χ3n) is 4.52. The standard InChI is InChI=1S/C18H31N9O6S/c19-10(6-28)14(29)27-13(7-34)16(31)26-12(4-9-5-22-8-24-9)15(30)25-11(17(32)33)2-1-3-23-18(20)21/h5,8,10-13,28,34H,1-4,6-7,19H2,(H,22,24)(H,25,30)(H,26,31)(H,27,29)(H,32,33)(H4,20,21,23). The molecule has 1 heterocycles. The Bertz CT molecular complexity index is 847. The van der Waals surface area contributed by atoms with Crippen LogP contribution in [0.1, 0.15) is 18.5 Å². The molecule has 4 atom stereocenters. The van der Waals surface area contributed by atoms with E-state index in [1.165, 1.54) is 12.5 Å². The molecule has 0 aromatic carbocycles. The Morgan fingerprint density at radius 3 is 2.24 bits per heavy atom. The number of guanidine groups is 1. The van der Waals surface area contributed by atoms with Crippen molar-refractivity contribution in [2.45, 2.75) is 43.4 Å². The number of imidazole rings is 1. The summed E-state index contributed by atoms with van der Waals surface area (Å²) in [5.41, 5.74) is 16.4. The van der Waals surface area contributed by atoms with Crippen molar-refractivity contribution >= 4 is 42.3 Å². The predicted molar refractivity (Wildman–Crippen MR) is 125 cm³/mol. The van der Waals surface area contributed by atoms with E-state index in [1.807, 2.05) is 0 Å². The lowest BCUT2D eigenvalue weighted by Crippen LogP contribution is -2.58. The van der Waals surface area contributed by atoms with Gasteiger partial charge >= 0.3 is 5.97 Å². The van der Waals surface area contributed by atoms with Crippen molar-refractivity contribution in [3.05, 3.63) is 18.2 Å². The molecule has 15 nitrogen and oxygen atoms in total. The van der Waals surface area contributed by atoms with Crippen LogP contribution >= 0.6 is 12.6 Å². The second kappa shape index (κ2) is 14.7. The molecule has 4 unspecified atom stereocenters. The summed E-state index contributed by atoms with van der Waals surface area (Å²) in [6.07, 6.45) is 3.10. The predicted octanol–water partition coefficient (Wildman–Crippen LogP) is -4.21. The molecule has 0 aliphatic heterocycles. The van der Waals surface area contributed by atoms with Crippen LogP contribution in [0, 0.1) is 0 Å². The van der Waals surface area contributed by atoms with Gasteiger partial charge in [0.25, 0.3) is 0 Å². The molecule has 0 fully saturated rings. The molecular weight excluding hydrogens is 470 g/mol. The van der Waals surface area contributed by atoms with Gasteiger partial charge in [-0.05, 0) is 12.8 Å². The highest BCUT2D eigenvalue weighted by atomic mass is 32.1. The largest absolute Gasteiger partial charge is 0.480 e. The Hall–Kier alpha value is -3.37. The summed E-state index contributed by atoms with van der Waals surface area (Å²) in [7, 11) is 0. The van der Waals surface area contributed by atoms with Gasteiger partial charge in [-0.15, -0.1) is 0 Å². The third kappa shape index (κ3) is 10.1. The van der Waals surface area contributed by atoms with Gasteiger partial charge < -0.3 is 48.3 Å². The average Bonchev–Trinajstić information content (AvgIpc) is 3.30. The number of carbonyl (C=O) groups is 4. The number of aromatic amines is 1. The van der Waals surface area contributed by atoms with Crippen molar-refractivity contribution in [1.82, 2.24) is 25.9 Å². The average molecular weight is 502 g/mol. The van der Waals surface area contributed by atoms with Crippen LogP contribution in [0.5, 0.6) is 0 Å². The number of amides is 3. The van der Waals surface area contributed by atoms with Gasteiger partial charge in [0.1, 0.15) is 24.2 Å². The summed E-state index contributed by atoms with van der Waals surface area (Å²) in [6.45, 7) is -0.451. The summed E-state index contributed by atoms with van der Waals surface area (Å²) in [6, 6.07) is -4.88. The monoisotopic (exact) mass is 501 g/mol. The summed E-state index contributed by atoms with van der Waals surface area (Å²) in [5.74, 6) is -3.84. The Kier molecular flexibility index (Phi) is 12.4. The topological polar surface area (TPSA) is 264 Å². The number of H-pyrrole nitrogens is 1. The van der Waals surface area contributed by atoms with Gasteiger partial charge in [0.2, 0.25) is 17.7 Å². The number of aliphatic carboxylic acids is 1.